The summed E-state index contributed by atoms with van der Waals surface area (Å²) >= 11 is 0. The van der Waals surface area contributed by atoms with E-state index >= 15 is 0 Å². The largest absolute Gasteiger partial charge is 0.344 e. The van der Waals surface area contributed by atoms with Crippen molar-refractivity contribution in [3.8, 4) is 0 Å². The number of hydrogen-bond acceptors (Lipinski definition) is 4. The van der Waals surface area contributed by atoms with Gasteiger partial charge in [-0.3, -0.25) is 19.1 Å². The van der Waals surface area contributed by atoms with E-state index in [2.05, 4.69) is 9.88 Å². The Hall–Kier alpha value is -1.69. The first kappa shape index (κ1) is 17.7. The highest BCUT2D eigenvalue weighted by Gasteiger charge is 2.32. The van der Waals surface area contributed by atoms with Gasteiger partial charge in [0.05, 0.1) is 18.1 Å². The smallest absolute Gasteiger partial charge is 0.253 e. The van der Waals surface area contributed by atoms with Crippen molar-refractivity contribution < 1.29 is 4.79 Å². The molecule has 1 aromatic heterocycles. The van der Waals surface area contributed by atoms with Gasteiger partial charge in [0, 0.05) is 32.1 Å². The first-order valence-electron chi connectivity index (χ1n) is 10.2. The van der Waals surface area contributed by atoms with Crippen LogP contribution in [0.3, 0.4) is 0 Å². The Morgan fingerprint density at radius 2 is 1.81 bits per heavy atom. The number of carbonyl (C=O) groups is 1. The molecule has 2 aliphatic heterocycles. The third-order valence-corrected chi connectivity index (χ3v) is 6.32. The molecule has 0 N–H and O–H groups in total. The molecule has 2 saturated heterocycles. The Morgan fingerprint density at radius 3 is 2.50 bits per heavy atom. The van der Waals surface area contributed by atoms with Crippen LogP contribution in [0.4, 0.5) is 0 Å². The van der Waals surface area contributed by atoms with E-state index in [0.29, 0.717) is 11.8 Å². The SMILES string of the molecule is CN1CCCCC(N2CCC(Cn3cnc(C4CC4)cc3=O)CC2)C1=O. The first-order chi connectivity index (χ1) is 12.6. The predicted molar refractivity (Wildman–Crippen MR) is 100 cm³/mol. The molecule has 0 radical (unpaired) electrons. The number of piperidine rings is 1. The summed E-state index contributed by atoms with van der Waals surface area (Å²) < 4.78 is 1.77. The fourth-order valence-electron chi connectivity index (χ4n) is 4.42. The van der Waals surface area contributed by atoms with Gasteiger partial charge < -0.3 is 4.90 Å². The van der Waals surface area contributed by atoms with Crippen LogP contribution in [-0.4, -0.2) is 58.0 Å². The molecule has 0 aromatic carbocycles. The van der Waals surface area contributed by atoms with Crippen molar-refractivity contribution in [1.29, 1.82) is 0 Å². The zero-order valence-corrected chi connectivity index (χ0v) is 15.8. The van der Waals surface area contributed by atoms with E-state index in [-0.39, 0.29) is 17.5 Å². The standard InChI is InChI=1S/C20H30N4O2/c1-22-9-3-2-4-18(20(22)26)23-10-7-15(8-11-23)13-24-14-21-17(12-19(24)25)16-5-6-16/h12,14-16,18H,2-11,13H2,1H3. The lowest BCUT2D eigenvalue weighted by molar-refractivity contribution is -0.135. The van der Waals surface area contributed by atoms with Crippen molar-refractivity contribution in [3.63, 3.8) is 0 Å². The number of carbonyl (C=O) groups excluding carboxylic acids is 1. The summed E-state index contributed by atoms with van der Waals surface area (Å²) in [5.74, 6) is 1.31. The molecule has 1 amide bonds. The van der Waals surface area contributed by atoms with E-state index in [1.165, 1.54) is 12.8 Å². The lowest BCUT2D eigenvalue weighted by Gasteiger charge is -2.37. The van der Waals surface area contributed by atoms with Crippen molar-refractivity contribution in [2.75, 3.05) is 26.7 Å². The maximum Gasteiger partial charge on any atom is 0.253 e. The summed E-state index contributed by atoms with van der Waals surface area (Å²) in [6.45, 7) is 3.55. The fourth-order valence-corrected chi connectivity index (χ4v) is 4.42. The molecule has 1 saturated carbocycles. The van der Waals surface area contributed by atoms with E-state index in [1.54, 1.807) is 17.0 Å². The molecule has 3 heterocycles. The van der Waals surface area contributed by atoms with Crippen LogP contribution < -0.4 is 5.56 Å². The molecule has 4 rings (SSSR count). The van der Waals surface area contributed by atoms with Crippen molar-refractivity contribution in [2.24, 2.45) is 5.92 Å². The van der Waals surface area contributed by atoms with Crippen LogP contribution in [0.15, 0.2) is 17.2 Å². The van der Waals surface area contributed by atoms with Crippen LogP contribution in [0.2, 0.25) is 0 Å². The Balaban J connectivity index is 1.33. The molecule has 1 atom stereocenters. The summed E-state index contributed by atoms with van der Waals surface area (Å²) in [6.07, 6.45) is 9.41. The second-order valence-electron chi connectivity index (χ2n) is 8.33. The number of rotatable bonds is 4. The van der Waals surface area contributed by atoms with Gasteiger partial charge in [0.15, 0.2) is 0 Å². The molecule has 26 heavy (non-hydrogen) atoms. The molecule has 6 heteroatoms. The number of hydrogen-bond donors (Lipinski definition) is 0. The van der Waals surface area contributed by atoms with Gasteiger partial charge in [-0.1, -0.05) is 0 Å². The van der Waals surface area contributed by atoms with Gasteiger partial charge >= 0.3 is 0 Å². The molecule has 142 valence electrons. The minimum atomic E-state index is 0.0608. The molecular formula is C20H30N4O2. The van der Waals surface area contributed by atoms with Gasteiger partial charge in [0.25, 0.3) is 5.56 Å². The predicted octanol–water partition coefficient (Wildman–Crippen LogP) is 1.84. The van der Waals surface area contributed by atoms with Crippen molar-refractivity contribution in [2.45, 2.75) is 63.5 Å². The van der Waals surface area contributed by atoms with Crippen LogP contribution in [0.25, 0.3) is 0 Å². The van der Waals surface area contributed by atoms with Crippen LogP contribution >= 0.6 is 0 Å². The quantitative estimate of drug-likeness (QED) is 0.824. The number of likely N-dealkylation sites (tertiary alicyclic amines) is 2. The van der Waals surface area contributed by atoms with Crippen LogP contribution in [0.5, 0.6) is 0 Å². The zero-order chi connectivity index (χ0) is 18.1. The Kier molecular flexibility index (Phi) is 5.11. The second kappa shape index (κ2) is 7.51. The molecule has 6 nitrogen and oxygen atoms in total. The van der Waals surface area contributed by atoms with Gasteiger partial charge in [-0.2, -0.15) is 0 Å². The monoisotopic (exact) mass is 358 g/mol. The lowest BCUT2D eigenvalue weighted by Crippen LogP contribution is -2.49. The Bertz CT molecular complexity index is 704. The third kappa shape index (κ3) is 3.85. The van der Waals surface area contributed by atoms with E-state index in [4.69, 9.17) is 0 Å². The summed E-state index contributed by atoms with van der Waals surface area (Å²) in [4.78, 5) is 33.7. The van der Waals surface area contributed by atoms with Gasteiger partial charge in [-0.15, -0.1) is 0 Å². The number of likely N-dealkylation sites (N-methyl/N-ethyl adjacent to an activating group) is 1. The number of nitrogens with zero attached hydrogens (tertiary/aromatic N) is 4. The second-order valence-corrected chi connectivity index (χ2v) is 8.33. The van der Waals surface area contributed by atoms with Gasteiger partial charge in [-0.05, 0) is 64.0 Å². The minimum Gasteiger partial charge on any atom is -0.344 e. The lowest BCUT2D eigenvalue weighted by atomic mass is 9.94. The minimum absolute atomic E-state index is 0.0608. The van der Waals surface area contributed by atoms with Crippen LogP contribution in [-0.2, 0) is 11.3 Å². The summed E-state index contributed by atoms with van der Waals surface area (Å²) in [5, 5.41) is 0. The molecule has 1 aromatic rings. The van der Waals surface area contributed by atoms with E-state index in [1.807, 2.05) is 11.9 Å². The topological polar surface area (TPSA) is 58.4 Å². The van der Waals surface area contributed by atoms with Crippen molar-refractivity contribution in [3.05, 3.63) is 28.4 Å². The molecule has 3 aliphatic rings. The van der Waals surface area contributed by atoms with E-state index in [9.17, 15) is 9.59 Å². The number of aromatic nitrogens is 2. The molecule has 3 fully saturated rings. The van der Waals surface area contributed by atoms with Crippen molar-refractivity contribution in [1.82, 2.24) is 19.4 Å². The molecule has 1 unspecified atom stereocenters. The average Bonchev–Trinajstić information content (AvgIpc) is 3.49. The van der Waals surface area contributed by atoms with Crippen molar-refractivity contribution >= 4 is 5.91 Å². The van der Waals surface area contributed by atoms with Gasteiger partial charge in [0.1, 0.15) is 0 Å². The average molecular weight is 358 g/mol. The molecule has 0 spiro atoms. The normalized spacial score (nSPS) is 26.1. The summed E-state index contributed by atoms with van der Waals surface area (Å²) in [7, 11) is 1.93. The third-order valence-electron chi connectivity index (χ3n) is 6.32. The Morgan fingerprint density at radius 1 is 1.04 bits per heavy atom. The van der Waals surface area contributed by atoms with Crippen LogP contribution in [0, 0.1) is 5.92 Å². The van der Waals surface area contributed by atoms with E-state index in [0.717, 1.165) is 64.0 Å². The van der Waals surface area contributed by atoms with Crippen LogP contribution in [0.1, 0.15) is 56.6 Å². The summed E-state index contributed by atoms with van der Waals surface area (Å²) in [6, 6.07) is 1.79. The highest BCUT2D eigenvalue weighted by atomic mass is 16.2. The first-order valence-corrected chi connectivity index (χ1v) is 10.2. The number of amides is 1. The molecule has 1 aliphatic carbocycles. The van der Waals surface area contributed by atoms with Gasteiger partial charge in [-0.25, -0.2) is 4.98 Å². The molecular weight excluding hydrogens is 328 g/mol. The highest BCUT2D eigenvalue weighted by molar-refractivity contribution is 5.81. The maximum atomic E-state index is 12.6. The molecule has 0 bridgehead atoms. The Labute approximate surface area is 155 Å². The summed E-state index contributed by atoms with van der Waals surface area (Å²) in [5.41, 5.74) is 1.06. The highest BCUT2D eigenvalue weighted by Crippen LogP contribution is 2.38. The van der Waals surface area contributed by atoms with Gasteiger partial charge in [0.2, 0.25) is 5.91 Å². The maximum absolute atomic E-state index is 12.6. The zero-order valence-electron chi connectivity index (χ0n) is 15.8. The fraction of sp³-hybridized carbons (Fsp3) is 0.750. The van der Waals surface area contributed by atoms with E-state index < -0.39 is 0 Å².